The number of rotatable bonds is 2. The Morgan fingerprint density at radius 1 is 1.12 bits per heavy atom. The van der Waals surface area contributed by atoms with Gasteiger partial charge in [0.05, 0.1) is 0 Å². The fourth-order valence-corrected chi connectivity index (χ4v) is 3.66. The second kappa shape index (κ2) is 5.91. The molecule has 0 bridgehead atoms. The van der Waals surface area contributed by atoms with Gasteiger partial charge in [-0.3, -0.25) is 0 Å². The zero-order valence-corrected chi connectivity index (χ0v) is 14.2. The van der Waals surface area contributed by atoms with Crippen LogP contribution >= 0.6 is 0 Å². The summed E-state index contributed by atoms with van der Waals surface area (Å²) in [4.78, 5) is 0. The van der Waals surface area contributed by atoms with Crippen LogP contribution in [0.4, 0.5) is 0 Å². The van der Waals surface area contributed by atoms with Crippen molar-refractivity contribution in [1.82, 2.24) is 0 Å². The van der Waals surface area contributed by atoms with Gasteiger partial charge in [-0.2, -0.15) is 0 Å². The molecular weight excluding hydrogens is 287 g/mol. The summed E-state index contributed by atoms with van der Waals surface area (Å²) in [6.45, 7) is 11.7. The molecule has 2 heteroatoms. The fraction of sp³-hybridized carbons (Fsp3) is 0.467. The van der Waals surface area contributed by atoms with Crippen molar-refractivity contribution >= 4 is 27.5 Å². The topological polar surface area (TPSA) is 0 Å². The van der Waals surface area contributed by atoms with Crippen LogP contribution in [0.3, 0.4) is 0 Å². The molecule has 0 aromatic heterocycles. The summed E-state index contributed by atoms with van der Waals surface area (Å²) in [5.41, 5.74) is 3.57. The molecule has 0 aliphatic carbocycles. The number of hydrogen-bond donors (Lipinski definition) is 0. The molecule has 0 heterocycles. The van der Waals surface area contributed by atoms with E-state index in [-0.39, 0.29) is 0 Å². The van der Waals surface area contributed by atoms with Crippen LogP contribution in [0.1, 0.15) is 20.8 Å². The van der Waals surface area contributed by atoms with E-state index < -0.39 is 8.07 Å². The van der Waals surface area contributed by atoms with Crippen LogP contribution in [0.15, 0.2) is 30.3 Å². The molecule has 0 atom stereocenters. The molecule has 0 fully saturated rings. The molecular formula is C15H22SeSi. The Morgan fingerprint density at radius 3 is 2.24 bits per heavy atom. The molecule has 1 aromatic carbocycles. The molecule has 1 aromatic rings. The van der Waals surface area contributed by atoms with Crippen LogP contribution in [-0.2, 0) is 0 Å². The third-order valence-electron chi connectivity index (χ3n) is 3.33. The molecule has 92 valence electrons. The van der Waals surface area contributed by atoms with Gasteiger partial charge in [0, 0.05) is 0 Å². The quantitative estimate of drug-likeness (QED) is 0.579. The van der Waals surface area contributed by atoms with Crippen molar-refractivity contribution in [2.45, 2.75) is 44.2 Å². The van der Waals surface area contributed by atoms with Gasteiger partial charge < -0.3 is 0 Å². The first-order chi connectivity index (χ1) is 7.83. The van der Waals surface area contributed by atoms with E-state index in [4.69, 9.17) is 0 Å². The van der Waals surface area contributed by atoms with Crippen molar-refractivity contribution in [2.75, 3.05) is 0 Å². The van der Waals surface area contributed by atoms with Gasteiger partial charge in [-0.25, -0.2) is 0 Å². The van der Waals surface area contributed by atoms with Gasteiger partial charge in [-0.1, -0.05) is 0 Å². The summed E-state index contributed by atoms with van der Waals surface area (Å²) in [6, 6.07) is 10.7. The minimum atomic E-state index is -1.39. The standard InChI is InChI=1S/C15H22SeSi/c1-15(2,3)17(4,5)13-9-12-16-14-10-7-6-8-11-14/h6-8,10-11H,12H2,1-5H3. The Hall–Kier alpha value is -0.484. The van der Waals surface area contributed by atoms with E-state index in [0.717, 1.165) is 5.32 Å². The van der Waals surface area contributed by atoms with E-state index >= 15 is 0 Å². The Balaban J connectivity index is 2.53. The summed E-state index contributed by atoms with van der Waals surface area (Å²) < 4.78 is 1.45. The van der Waals surface area contributed by atoms with Crippen molar-refractivity contribution in [3.8, 4) is 11.5 Å². The molecule has 0 nitrogen and oxygen atoms in total. The molecule has 0 saturated carbocycles. The molecule has 0 N–H and O–H groups in total. The maximum atomic E-state index is 3.57. The predicted octanol–water partition coefficient (Wildman–Crippen LogP) is 3.49. The molecule has 1 rings (SSSR count). The van der Waals surface area contributed by atoms with Crippen LogP contribution in [0.2, 0.25) is 23.5 Å². The third kappa shape index (κ3) is 4.72. The summed E-state index contributed by atoms with van der Waals surface area (Å²) in [5, 5.41) is 1.42. The van der Waals surface area contributed by atoms with Crippen LogP contribution in [0.5, 0.6) is 0 Å². The first kappa shape index (κ1) is 14.6. The van der Waals surface area contributed by atoms with Gasteiger partial charge in [0.25, 0.3) is 0 Å². The van der Waals surface area contributed by atoms with Crippen molar-refractivity contribution in [3.05, 3.63) is 30.3 Å². The Kier molecular flexibility index (Phi) is 5.07. The Bertz CT molecular complexity index is 404. The summed E-state index contributed by atoms with van der Waals surface area (Å²) in [5.74, 6) is 3.42. The van der Waals surface area contributed by atoms with Gasteiger partial charge >= 0.3 is 114 Å². The van der Waals surface area contributed by atoms with Gasteiger partial charge in [-0.15, -0.1) is 0 Å². The van der Waals surface area contributed by atoms with E-state index in [1.165, 1.54) is 4.46 Å². The molecule has 0 amide bonds. The molecule has 17 heavy (non-hydrogen) atoms. The zero-order chi connectivity index (χ0) is 12.9. The molecule has 0 spiro atoms. The second-order valence-electron chi connectivity index (χ2n) is 5.78. The van der Waals surface area contributed by atoms with Crippen LogP contribution in [-0.4, -0.2) is 23.0 Å². The average Bonchev–Trinajstić information content (AvgIpc) is 2.24. The van der Waals surface area contributed by atoms with Crippen LogP contribution in [0, 0.1) is 11.5 Å². The fourth-order valence-electron chi connectivity index (χ4n) is 1.08. The van der Waals surface area contributed by atoms with Crippen LogP contribution < -0.4 is 4.46 Å². The Morgan fingerprint density at radius 2 is 1.71 bits per heavy atom. The van der Waals surface area contributed by atoms with Crippen molar-refractivity contribution in [3.63, 3.8) is 0 Å². The monoisotopic (exact) mass is 310 g/mol. The molecule has 0 saturated heterocycles. The van der Waals surface area contributed by atoms with E-state index in [1.807, 2.05) is 0 Å². The number of hydrogen-bond acceptors (Lipinski definition) is 0. The molecule has 0 aliphatic rings. The first-order valence-electron chi connectivity index (χ1n) is 6.01. The van der Waals surface area contributed by atoms with Crippen LogP contribution in [0.25, 0.3) is 0 Å². The van der Waals surface area contributed by atoms with Gasteiger partial charge in [0.15, 0.2) is 0 Å². The summed E-state index contributed by atoms with van der Waals surface area (Å²) in [6.07, 6.45) is 0. The SMILES string of the molecule is CC(C)(C)[Si](C)(C)C#CC[Se]c1ccccc1. The summed E-state index contributed by atoms with van der Waals surface area (Å²) in [7, 11) is -1.39. The third-order valence-corrected chi connectivity index (χ3v) is 9.76. The maximum absolute atomic E-state index is 3.57. The molecule has 0 aliphatic heterocycles. The van der Waals surface area contributed by atoms with Crippen molar-refractivity contribution in [1.29, 1.82) is 0 Å². The zero-order valence-electron chi connectivity index (χ0n) is 11.5. The van der Waals surface area contributed by atoms with E-state index in [1.54, 1.807) is 0 Å². The van der Waals surface area contributed by atoms with Crippen molar-refractivity contribution < 1.29 is 0 Å². The average molecular weight is 309 g/mol. The van der Waals surface area contributed by atoms with Gasteiger partial charge in [0.1, 0.15) is 0 Å². The first-order valence-corrected chi connectivity index (χ1v) is 11.1. The van der Waals surface area contributed by atoms with E-state index in [0.29, 0.717) is 20.0 Å². The normalized spacial score (nSPS) is 11.8. The van der Waals surface area contributed by atoms with E-state index in [9.17, 15) is 0 Å². The van der Waals surface area contributed by atoms with Crippen molar-refractivity contribution in [2.24, 2.45) is 0 Å². The van der Waals surface area contributed by atoms with E-state index in [2.05, 4.69) is 75.7 Å². The van der Waals surface area contributed by atoms with Gasteiger partial charge in [0.2, 0.25) is 0 Å². The van der Waals surface area contributed by atoms with Gasteiger partial charge in [-0.05, 0) is 0 Å². The Labute approximate surface area is 113 Å². The molecule has 0 radical (unpaired) electrons. The predicted molar refractivity (Wildman–Crippen MR) is 81.6 cm³/mol. The minimum absolute atomic E-state index is 0.375. The summed E-state index contributed by atoms with van der Waals surface area (Å²) >= 11 is 0.511. The number of benzene rings is 1. The molecule has 0 unspecified atom stereocenters. The second-order valence-corrected chi connectivity index (χ2v) is 13.0.